The molecule has 2 aliphatic carbocycles. The molecule has 0 bridgehead atoms. The highest BCUT2D eigenvalue weighted by atomic mass is 16.1. The molecule has 0 aliphatic heterocycles. The van der Waals surface area contributed by atoms with Crippen LogP contribution < -0.4 is 10.6 Å². The first kappa shape index (κ1) is 12.8. The van der Waals surface area contributed by atoms with E-state index in [1.54, 1.807) is 0 Å². The van der Waals surface area contributed by atoms with Crippen LogP contribution in [0.2, 0.25) is 0 Å². The molecule has 0 radical (unpaired) electrons. The standard InChI is InChI=1S/C13H25N3O/c1-16(12-6-7-12)9-8-14-13(17)10-15-11-4-2-3-5-11/h11-12,15H,2-10H2,1H3,(H,14,17). The van der Waals surface area contributed by atoms with Crippen LogP contribution in [0.1, 0.15) is 38.5 Å². The van der Waals surface area contributed by atoms with Gasteiger partial charge in [0.1, 0.15) is 0 Å². The zero-order valence-corrected chi connectivity index (χ0v) is 10.9. The topological polar surface area (TPSA) is 44.4 Å². The number of hydrogen-bond donors (Lipinski definition) is 2. The van der Waals surface area contributed by atoms with E-state index in [4.69, 9.17) is 0 Å². The van der Waals surface area contributed by atoms with Gasteiger partial charge in [0, 0.05) is 25.2 Å². The summed E-state index contributed by atoms with van der Waals surface area (Å²) >= 11 is 0. The number of nitrogens with zero attached hydrogens (tertiary/aromatic N) is 1. The molecule has 2 aliphatic rings. The summed E-state index contributed by atoms with van der Waals surface area (Å²) in [6, 6.07) is 1.36. The number of nitrogens with one attached hydrogen (secondary N) is 2. The molecule has 17 heavy (non-hydrogen) atoms. The van der Waals surface area contributed by atoms with Gasteiger partial charge in [-0.25, -0.2) is 0 Å². The lowest BCUT2D eigenvalue weighted by Crippen LogP contribution is -2.40. The highest BCUT2D eigenvalue weighted by Gasteiger charge is 2.25. The molecule has 2 saturated carbocycles. The zero-order valence-electron chi connectivity index (χ0n) is 10.9. The Morgan fingerprint density at radius 2 is 1.94 bits per heavy atom. The highest BCUT2D eigenvalue weighted by Crippen LogP contribution is 2.24. The van der Waals surface area contributed by atoms with Crippen LogP contribution in [0.15, 0.2) is 0 Å². The Morgan fingerprint density at radius 1 is 1.24 bits per heavy atom. The summed E-state index contributed by atoms with van der Waals surface area (Å²) in [6.45, 7) is 2.23. The molecule has 0 atom stereocenters. The second-order valence-corrected chi connectivity index (χ2v) is 5.42. The summed E-state index contributed by atoms with van der Waals surface area (Å²) in [6.07, 6.45) is 7.74. The van der Waals surface area contributed by atoms with Crippen molar-refractivity contribution in [2.24, 2.45) is 0 Å². The third kappa shape index (κ3) is 4.64. The first-order valence-corrected chi connectivity index (χ1v) is 6.96. The van der Waals surface area contributed by atoms with E-state index in [0.717, 1.165) is 19.1 Å². The summed E-state index contributed by atoms with van der Waals surface area (Å²) in [5.41, 5.74) is 0. The van der Waals surface area contributed by atoms with Crippen molar-refractivity contribution in [3.8, 4) is 0 Å². The van der Waals surface area contributed by atoms with E-state index in [-0.39, 0.29) is 5.91 Å². The van der Waals surface area contributed by atoms with Crippen molar-refractivity contribution in [1.82, 2.24) is 15.5 Å². The van der Waals surface area contributed by atoms with Crippen LogP contribution >= 0.6 is 0 Å². The lowest BCUT2D eigenvalue weighted by molar-refractivity contribution is -0.120. The van der Waals surface area contributed by atoms with Crippen molar-refractivity contribution in [2.45, 2.75) is 50.6 Å². The quantitative estimate of drug-likeness (QED) is 0.688. The number of carbonyl (C=O) groups excluding carboxylic acids is 1. The third-order valence-corrected chi connectivity index (χ3v) is 3.86. The van der Waals surface area contributed by atoms with Crippen molar-refractivity contribution < 1.29 is 4.79 Å². The normalized spacial score (nSPS) is 21.1. The number of hydrogen-bond acceptors (Lipinski definition) is 3. The first-order valence-electron chi connectivity index (χ1n) is 6.96. The number of rotatable bonds is 7. The van der Waals surface area contributed by atoms with Crippen LogP contribution in [0, 0.1) is 0 Å². The predicted octanol–water partition coefficient (Wildman–Crippen LogP) is 0.729. The van der Waals surface area contributed by atoms with E-state index >= 15 is 0 Å². The van der Waals surface area contributed by atoms with Crippen molar-refractivity contribution in [2.75, 3.05) is 26.7 Å². The van der Waals surface area contributed by atoms with Crippen molar-refractivity contribution in [1.29, 1.82) is 0 Å². The van der Waals surface area contributed by atoms with E-state index in [1.165, 1.54) is 38.5 Å². The number of amides is 1. The molecule has 0 aromatic rings. The van der Waals surface area contributed by atoms with Gasteiger partial charge in [-0.1, -0.05) is 12.8 Å². The molecule has 2 N–H and O–H groups in total. The molecule has 0 heterocycles. The second-order valence-electron chi connectivity index (χ2n) is 5.42. The lowest BCUT2D eigenvalue weighted by Gasteiger charge is -2.16. The van der Waals surface area contributed by atoms with E-state index in [9.17, 15) is 4.79 Å². The van der Waals surface area contributed by atoms with Gasteiger partial charge in [-0.2, -0.15) is 0 Å². The van der Waals surface area contributed by atoms with Crippen molar-refractivity contribution in [3.05, 3.63) is 0 Å². The summed E-state index contributed by atoms with van der Waals surface area (Å²) in [5.74, 6) is 0.140. The van der Waals surface area contributed by atoms with E-state index < -0.39 is 0 Å². The maximum absolute atomic E-state index is 11.6. The molecular formula is C13H25N3O. The zero-order chi connectivity index (χ0) is 12.1. The first-order chi connectivity index (χ1) is 8.25. The average Bonchev–Trinajstić information content (AvgIpc) is 3.04. The Kier molecular flexibility index (Phi) is 4.80. The van der Waals surface area contributed by atoms with Gasteiger partial charge < -0.3 is 15.5 Å². The summed E-state index contributed by atoms with van der Waals surface area (Å²) in [7, 11) is 2.14. The molecule has 4 nitrogen and oxygen atoms in total. The summed E-state index contributed by atoms with van der Waals surface area (Å²) < 4.78 is 0. The maximum Gasteiger partial charge on any atom is 0.234 e. The van der Waals surface area contributed by atoms with Gasteiger partial charge in [0.05, 0.1) is 6.54 Å². The lowest BCUT2D eigenvalue weighted by atomic mass is 10.2. The molecule has 2 fully saturated rings. The van der Waals surface area contributed by atoms with Crippen LogP contribution in [0.3, 0.4) is 0 Å². The van der Waals surface area contributed by atoms with Crippen molar-refractivity contribution >= 4 is 5.91 Å². The fourth-order valence-corrected chi connectivity index (χ4v) is 2.50. The Hall–Kier alpha value is -0.610. The summed E-state index contributed by atoms with van der Waals surface area (Å²) in [5, 5.41) is 6.31. The van der Waals surface area contributed by atoms with Gasteiger partial charge in [0.25, 0.3) is 0 Å². The van der Waals surface area contributed by atoms with Crippen LogP contribution in [0.25, 0.3) is 0 Å². The molecule has 4 heteroatoms. The Labute approximate surface area is 104 Å². The van der Waals surface area contributed by atoms with Gasteiger partial charge >= 0.3 is 0 Å². The smallest absolute Gasteiger partial charge is 0.234 e. The predicted molar refractivity (Wildman–Crippen MR) is 68.9 cm³/mol. The highest BCUT2D eigenvalue weighted by molar-refractivity contribution is 5.77. The molecule has 0 spiro atoms. The molecule has 0 aromatic carbocycles. The minimum absolute atomic E-state index is 0.140. The Morgan fingerprint density at radius 3 is 2.59 bits per heavy atom. The Bertz CT molecular complexity index is 247. The molecule has 98 valence electrons. The van der Waals surface area contributed by atoms with Gasteiger partial charge in [0.15, 0.2) is 0 Å². The molecule has 1 amide bonds. The average molecular weight is 239 g/mol. The van der Waals surface area contributed by atoms with E-state index in [0.29, 0.717) is 12.6 Å². The SMILES string of the molecule is CN(CCNC(=O)CNC1CCCC1)C1CC1. The maximum atomic E-state index is 11.6. The Balaban J connectivity index is 1.48. The largest absolute Gasteiger partial charge is 0.354 e. The third-order valence-electron chi connectivity index (χ3n) is 3.86. The minimum Gasteiger partial charge on any atom is -0.354 e. The van der Waals surface area contributed by atoms with Gasteiger partial charge in [-0.15, -0.1) is 0 Å². The van der Waals surface area contributed by atoms with Crippen LogP contribution in [-0.4, -0.2) is 49.6 Å². The van der Waals surface area contributed by atoms with Crippen LogP contribution in [0.5, 0.6) is 0 Å². The minimum atomic E-state index is 0.140. The van der Waals surface area contributed by atoms with Gasteiger partial charge in [-0.05, 0) is 32.7 Å². The molecule has 2 rings (SSSR count). The van der Waals surface area contributed by atoms with E-state index in [2.05, 4.69) is 22.6 Å². The number of likely N-dealkylation sites (N-methyl/N-ethyl adjacent to an activating group) is 1. The molecule has 0 saturated heterocycles. The van der Waals surface area contributed by atoms with E-state index in [1.807, 2.05) is 0 Å². The number of carbonyl (C=O) groups is 1. The fourth-order valence-electron chi connectivity index (χ4n) is 2.50. The second kappa shape index (κ2) is 6.36. The van der Waals surface area contributed by atoms with Gasteiger partial charge in [-0.3, -0.25) is 4.79 Å². The molecule has 0 unspecified atom stereocenters. The monoisotopic (exact) mass is 239 g/mol. The summed E-state index contributed by atoms with van der Waals surface area (Å²) in [4.78, 5) is 13.9. The van der Waals surface area contributed by atoms with Crippen LogP contribution in [-0.2, 0) is 4.79 Å². The van der Waals surface area contributed by atoms with Gasteiger partial charge in [0.2, 0.25) is 5.91 Å². The van der Waals surface area contributed by atoms with Crippen LogP contribution in [0.4, 0.5) is 0 Å². The van der Waals surface area contributed by atoms with Crippen molar-refractivity contribution in [3.63, 3.8) is 0 Å². The fraction of sp³-hybridized carbons (Fsp3) is 0.923. The molecule has 0 aromatic heterocycles. The molecular weight excluding hydrogens is 214 g/mol.